The molecule has 2 nitrogen and oxygen atoms in total. The van der Waals surface area contributed by atoms with Gasteiger partial charge in [-0.05, 0) is 43.1 Å². The van der Waals surface area contributed by atoms with Gasteiger partial charge in [-0.15, -0.1) is 12.4 Å². The standard InChI is InChI=1S/C12H16F4N2.ClH/c13-8-4-5-10(12(14,15)16)9(7-8)11(18)3-1-2-6-17;/h4-5,7,11H,1-3,6,17-18H2;1H/t11-;/m1./s1. The Hall–Kier alpha value is -0.850. The zero-order valence-electron chi connectivity index (χ0n) is 10.2. The molecule has 0 spiro atoms. The van der Waals surface area contributed by atoms with Crippen LogP contribution in [0.25, 0.3) is 0 Å². The van der Waals surface area contributed by atoms with Gasteiger partial charge in [-0.3, -0.25) is 0 Å². The molecule has 0 aliphatic rings. The molecule has 7 heteroatoms. The minimum absolute atomic E-state index is 0. The van der Waals surface area contributed by atoms with Crippen molar-refractivity contribution in [1.29, 1.82) is 0 Å². The largest absolute Gasteiger partial charge is 0.416 e. The highest BCUT2D eigenvalue weighted by molar-refractivity contribution is 5.85. The molecule has 0 aromatic heterocycles. The van der Waals surface area contributed by atoms with Crippen LogP contribution in [-0.2, 0) is 6.18 Å². The van der Waals surface area contributed by atoms with Crippen LogP contribution in [0.5, 0.6) is 0 Å². The third-order valence-electron chi connectivity index (χ3n) is 2.69. The third-order valence-corrected chi connectivity index (χ3v) is 2.69. The Morgan fingerprint density at radius 3 is 2.32 bits per heavy atom. The highest BCUT2D eigenvalue weighted by Gasteiger charge is 2.34. The summed E-state index contributed by atoms with van der Waals surface area (Å²) < 4.78 is 51.2. The van der Waals surface area contributed by atoms with Crippen molar-refractivity contribution in [2.75, 3.05) is 6.54 Å². The molecule has 0 bridgehead atoms. The number of benzene rings is 1. The van der Waals surface area contributed by atoms with E-state index >= 15 is 0 Å². The zero-order valence-corrected chi connectivity index (χ0v) is 11.0. The van der Waals surface area contributed by atoms with E-state index in [0.29, 0.717) is 25.8 Å². The Bertz CT molecular complexity index is 396. The van der Waals surface area contributed by atoms with Crippen LogP contribution in [0.4, 0.5) is 17.6 Å². The molecule has 110 valence electrons. The first kappa shape index (κ1) is 18.1. The molecule has 0 unspecified atom stereocenters. The molecule has 19 heavy (non-hydrogen) atoms. The monoisotopic (exact) mass is 300 g/mol. The summed E-state index contributed by atoms with van der Waals surface area (Å²) in [5.74, 6) is -0.715. The molecular formula is C12H17ClF4N2. The van der Waals surface area contributed by atoms with E-state index < -0.39 is 23.6 Å². The zero-order chi connectivity index (χ0) is 13.8. The van der Waals surface area contributed by atoms with Crippen LogP contribution in [0.2, 0.25) is 0 Å². The van der Waals surface area contributed by atoms with E-state index in [4.69, 9.17) is 11.5 Å². The van der Waals surface area contributed by atoms with E-state index in [2.05, 4.69) is 0 Å². The number of nitrogens with two attached hydrogens (primary N) is 2. The van der Waals surface area contributed by atoms with Gasteiger partial charge in [-0.25, -0.2) is 4.39 Å². The van der Waals surface area contributed by atoms with Gasteiger partial charge in [0.15, 0.2) is 0 Å². The maximum atomic E-state index is 13.0. The quantitative estimate of drug-likeness (QED) is 0.647. The van der Waals surface area contributed by atoms with Gasteiger partial charge < -0.3 is 11.5 Å². The molecule has 0 amide bonds. The van der Waals surface area contributed by atoms with Crippen LogP contribution < -0.4 is 11.5 Å². The molecule has 0 fully saturated rings. The second-order valence-corrected chi connectivity index (χ2v) is 4.12. The molecule has 1 aromatic carbocycles. The van der Waals surface area contributed by atoms with Gasteiger partial charge in [0.1, 0.15) is 5.82 Å². The number of hydrogen-bond donors (Lipinski definition) is 2. The first-order valence-electron chi connectivity index (χ1n) is 5.68. The summed E-state index contributed by atoms with van der Waals surface area (Å²) >= 11 is 0. The minimum Gasteiger partial charge on any atom is -0.330 e. The Morgan fingerprint density at radius 2 is 1.79 bits per heavy atom. The van der Waals surface area contributed by atoms with E-state index in [9.17, 15) is 17.6 Å². The Labute approximate surface area is 115 Å². The molecule has 0 aliphatic carbocycles. The van der Waals surface area contributed by atoms with Gasteiger partial charge in [0, 0.05) is 6.04 Å². The van der Waals surface area contributed by atoms with Crippen LogP contribution in [0.3, 0.4) is 0 Å². The van der Waals surface area contributed by atoms with Crippen LogP contribution in [0.15, 0.2) is 18.2 Å². The molecule has 0 radical (unpaired) electrons. The first-order valence-corrected chi connectivity index (χ1v) is 5.68. The van der Waals surface area contributed by atoms with Crippen molar-refractivity contribution in [3.63, 3.8) is 0 Å². The molecule has 0 saturated carbocycles. The molecule has 4 N–H and O–H groups in total. The highest BCUT2D eigenvalue weighted by atomic mass is 35.5. The fourth-order valence-corrected chi connectivity index (χ4v) is 1.76. The predicted molar refractivity (Wildman–Crippen MR) is 68.5 cm³/mol. The van der Waals surface area contributed by atoms with Crippen molar-refractivity contribution in [2.45, 2.75) is 31.5 Å². The van der Waals surface area contributed by atoms with E-state index in [1.165, 1.54) is 0 Å². The molecular weight excluding hydrogens is 284 g/mol. The summed E-state index contributed by atoms with van der Waals surface area (Å²) in [5, 5.41) is 0. The summed E-state index contributed by atoms with van der Waals surface area (Å²) in [6.07, 6.45) is -2.87. The van der Waals surface area contributed by atoms with Crippen molar-refractivity contribution >= 4 is 12.4 Å². The average Bonchev–Trinajstić information content (AvgIpc) is 2.27. The SMILES string of the molecule is Cl.NCCCC[C@@H](N)c1cc(F)ccc1C(F)(F)F. The first-order chi connectivity index (χ1) is 8.36. The lowest BCUT2D eigenvalue weighted by Crippen LogP contribution is -2.18. The van der Waals surface area contributed by atoms with Crippen molar-refractivity contribution in [3.8, 4) is 0 Å². The van der Waals surface area contributed by atoms with E-state index in [1.807, 2.05) is 0 Å². The summed E-state index contributed by atoms with van der Waals surface area (Å²) in [5.41, 5.74) is 9.92. The summed E-state index contributed by atoms with van der Waals surface area (Å²) in [7, 11) is 0. The second-order valence-electron chi connectivity index (χ2n) is 4.12. The number of rotatable bonds is 5. The summed E-state index contributed by atoms with van der Waals surface area (Å²) in [6, 6.07) is 1.55. The molecule has 1 atom stereocenters. The normalized spacial score (nSPS) is 12.9. The lowest BCUT2D eigenvalue weighted by atomic mass is 9.96. The molecule has 0 heterocycles. The van der Waals surface area contributed by atoms with E-state index in [0.717, 1.165) is 18.2 Å². The Kier molecular flexibility index (Phi) is 7.33. The number of halogens is 5. The average molecular weight is 301 g/mol. The summed E-state index contributed by atoms with van der Waals surface area (Å²) in [4.78, 5) is 0. The smallest absolute Gasteiger partial charge is 0.330 e. The van der Waals surface area contributed by atoms with Gasteiger partial charge in [0.2, 0.25) is 0 Å². The van der Waals surface area contributed by atoms with Crippen LogP contribution >= 0.6 is 12.4 Å². The summed E-state index contributed by atoms with van der Waals surface area (Å²) in [6.45, 7) is 0.460. The van der Waals surface area contributed by atoms with E-state index in [-0.39, 0.29) is 18.0 Å². The fourth-order valence-electron chi connectivity index (χ4n) is 1.76. The molecule has 1 aromatic rings. The van der Waals surface area contributed by atoms with Crippen LogP contribution in [-0.4, -0.2) is 6.54 Å². The van der Waals surface area contributed by atoms with Gasteiger partial charge in [0.25, 0.3) is 0 Å². The molecule has 0 aliphatic heterocycles. The van der Waals surface area contributed by atoms with Crippen LogP contribution in [0.1, 0.15) is 36.4 Å². The van der Waals surface area contributed by atoms with Crippen molar-refractivity contribution in [3.05, 3.63) is 35.1 Å². The molecule has 0 saturated heterocycles. The second kappa shape index (κ2) is 7.67. The highest BCUT2D eigenvalue weighted by Crippen LogP contribution is 2.35. The maximum absolute atomic E-state index is 13.0. The maximum Gasteiger partial charge on any atom is 0.416 e. The van der Waals surface area contributed by atoms with Gasteiger partial charge >= 0.3 is 6.18 Å². The van der Waals surface area contributed by atoms with Crippen molar-refractivity contribution in [1.82, 2.24) is 0 Å². The predicted octanol–water partition coefficient (Wildman–Crippen LogP) is 3.40. The fraction of sp³-hybridized carbons (Fsp3) is 0.500. The minimum atomic E-state index is -4.52. The lowest BCUT2D eigenvalue weighted by Gasteiger charge is -2.18. The number of alkyl halides is 3. The van der Waals surface area contributed by atoms with Crippen molar-refractivity contribution < 1.29 is 17.6 Å². The van der Waals surface area contributed by atoms with E-state index in [1.54, 1.807) is 0 Å². The topological polar surface area (TPSA) is 52.0 Å². The molecule has 1 rings (SSSR count). The van der Waals surface area contributed by atoms with Crippen molar-refractivity contribution in [2.24, 2.45) is 11.5 Å². The number of unbranched alkanes of at least 4 members (excludes halogenated alkanes) is 1. The van der Waals surface area contributed by atoms with Gasteiger partial charge in [-0.2, -0.15) is 13.2 Å². The third kappa shape index (κ3) is 5.34. The van der Waals surface area contributed by atoms with Crippen LogP contribution in [0, 0.1) is 5.82 Å². The van der Waals surface area contributed by atoms with Gasteiger partial charge in [-0.1, -0.05) is 6.42 Å². The Morgan fingerprint density at radius 1 is 1.16 bits per heavy atom. The Balaban J connectivity index is 0.00000324. The lowest BCUT2D eigenvalue weighted by molar-refractivity contribution is -0.138. The van der Waals surface area contributed by atoms with Gasteiger partial charge in [0.05, 0.1) is 5.56 Å². The number of hydrogen-bond acceptors (Lipinski definition) is 2.